The molecule has 32 valence electrons. The molecular weight excluding hydrogens is 130 g/mol. The molecule has 5 heavy (non-hydrogen) atoms. The molecule has 0 spiro atoms. The van der Waals surface area contributed by atoms with Gasteiger partial charge < -0.3 is 0 Å². The number of rotatable bonds is 0. The summed E-state index contributed by atoms with van der Waals surface area (Å²) in [5.41, 5.74) is 0. The van der Waals surface area contributed by atoms with E-state index in [0.717, 1.165) is 0 Å². The van der Waals surface area contributed by atoms with Crippen molar-refractivity contribution in [2.45, 2.75) is 0 Å². The van der Waals surface area contributed by atoms with E-state index in [9.17, 15) is 0 Å². The van der Waals surface area contributed by atoms with Gasteiger partial charge in [0.25, 0.3) is 0 Å². The Hall–Kier alpha value is 2.32. The predicted molar refractivity (Wildman–Crippen MR) is 34.0 cm³/mol. The smallest absolute Gasteiger partial charge is 0.0626 e. The van der Waals surface area contributed by atoms with Gasteiger partial charge in [-0.25, -0.2) is 0 Å². The average Bonchev–Trinajstić information content (AvgIpc) is 0. The van der Waals surface area contributed by atoms with E-state index < -0.39 is 0 Å². The standard InChI is InChI=1S/3BH4.K.Ni/h3*1H4;;/q3*-1;+1;+2. The van der Waals surface area contributed by atoms with Crippen LogP contribution in [0.3, 0.4) is 0 Å². The second-order valence-corrected chi connectivity index (χ2v) is 0. The summed E-state index contributed by atoms with van der Waals surface area (Å²) >= 11 is 0. The van der Waals surface area contributed by atoms with Crippen LogP contribution in [0.1, 0.15) is 0 Å². The molecule has 0 aromatic carbocycles. The van der Waals surface area contributed by atoms with Gasteiger partial charge in [-0.2, -0.15) is 0 Å². The molecule has 0 atom stereocenters. The third-order valence-electron chi connectivity index (χ3n) is 0. The maximum atomic E-state index is 0. The molecule has 0 N–H and O–H groups in total. The molecule has 0 heterocycles. The fourth-order valence-electron chi connectivity index (χ4n) is 0. The van der Waals surface area contributed by atoms with E-state index in [1.165, 1.54) is 0 Å². The van der Waals surface area contributed by atoms with E-state index >= 15 is 0 Å². The first-order valence-corrected chi connectivity index (χ1v) is 0. The van der Waals surface area contributed by atoms with Gasteiger partial charge in [0.15, 0.2) is 0 Å². The second-order valence-electron chi connectivity index (χ2n) is 0. The molecule has 0 aromatic rings. The maximum Gasteiger partial charge on any atom is 2.00 e. The molecule has 5 heteroatoms. The topological polar surface area (TPSA) is 0 Å². The molecule has 0 aliphatic heterocycles. The first kappa shape index (κ1) is 54.2. The summed E-state index contributed by atoms with van der Waals surface area (Å²) in [7, 11) is 0. The Balaban J connectivity index is 0. The van der Waals surface area contributed by atoms with Gasteiger partial charge in [0.2, 0.25) is 0 Å². The largest absolute Gasteiger partial charge is 2.00 e. The zero-order valence-corrected chi connectivity index (χ0v) is 5.43. The van der Waals surface area contributed by atoms with E-state index in [1.54, 1.807) is 0 Å². The zero-order valence-electron chi connectivity index (χ0n) is 1.32. The molecule has 0 fully saturated rings. The zero-order chi connectivity index (χ0) is 0. The van der Waals surface area contributed by atoms with Crippen molar-refractivity contribution in [3.8, 4) is 0 Å². The SMILES string of the molecule is [BH4-].[BH4-].[BH4-].[K+].[Ni+2]. The molecule has 0 bridgehead atoms. The minimum Gasteiger partial charge on any atom is -0.0626 e. The summed E-state index contributed by atoms with van der Waals surface area (Å²) < 4.78 is 0. The molecule has 0 unspecified atom stereocenters. The van der Waals surface area contributed by atoms with Crippen LogP contribution in [0.2, 0.25) is 0 Å². The summed E-state index contributed by atoms with van der Waals surface area (Å²) in [6, 6.07) is 0. The summed E-state index contributed by atoms with van der Waals surface area (Å²) in [6.45, 7) is 0. The summed E-state index contributed by atoms with van der Waals surface area (Å²) in [5.74, 6) is 0. The van der Waals surface area contributed by atoms with E-state index in [4.69, 9.17) is 0 Å². The Morgan fingerprint density at radius 1 is 0.600 bits per heavy atom. The third-order valence-corrected chi connectivity index (χ3v) is 0. The fourth-order valence-corrected chi connectivity index (χ4v) is 0. The first-order valence-electron chi connectivity index (χ1n) is 0. The van der Waals surface area contributed by atoms with Crippen LogP contribution < -0.4 is 51.4 Å². The van der Waals surface area contributed by atoms with Crippen molar-refractivity contribution in [1.29, 1.82) is 0 Å². The van der Waals surface area contributed by atoms with E-state index in [2.05, 4.69) is 0 Å². The average molecular weight is 142 g/mol. The van der Waals surface area contributed by atoms with Crippen molar-refractivity contribution >= 4 is 25.2 Å². The molecular formula is H12B3KNi. The van der Waals surface area contributed by atoms with Crippen LogP contribution in [0.4, 0.5) is 0 Å². The van der Waals surface area contributed by atoms with Gasteiger partial charge in [0.05, 0.1) is 0 Å². The Bertz CT molecular complexity index is 6.85. The Morgan fingerprint density at radius 3 is 0.600 bits per heavy atom. The van der Waals surface area contributed by atoms with Crippen molar-refractivity contribution in [2.75, 3.05) is 0 Å². The molecule has 0 rings (SSSR count). The van der Waals surface area contributed by atoms with Crippen molar-refractivity contribution in [2.24, 2.45) is 0 Å². The number of hydrogen-bond donors (Lipinski definition) is 0. The molecule has 0 amide bonds. The Morgan fingerprint density at radius 2 is 0.600 bits per heavy atom. The Labute approximate surface area is 91.3 Å². The monoisotopic (exact) mass is 142 g/mol. The van der Waals surface area contributed by atoms with Crippen LogP contribution in [0.5, 0.6) is 0 Å². The molecule has 0 aromatic heterocycles. The molecule has 0 saturated carbocycles. The number of hydrogen-bond acceptors (Lipinski definition) is 0. The summed E-state index contributed by atoms with van der Waals surface area (Å²) in [5, 5.41) is 0. The molecule has 0 aliphatic rings. The first-order chi connectivity index (χ1) is 0. The van der Waals surface area contributed by atoms with Crippen LogP contribution in [-0.2, 0) is 16.5 Å². The van der Waals surface area contributed by atoms with E-state index in [1.807, 2.05) is 0 Å². The minimum atomic E-state index is 0. The van der Waals surface area contributed by atoms with Gasteiger partial charge in [-0.05, 0) is 0 Å². The van der Waals surface area contributed by atoms with Crippen LogP contribution >= 0.6 is 0 Å². The van der Waals surface area contributed by atoms with Crippen LogP contribution in [0.15, 0.2) is 0 Å². The minimum absolute atomic E-state index is 0. The van der Waals surface area contributed by atoms with E-state index in [-0.39, 0.29) is 93.1 Å². The van der Waals surface area contributed by atoms with Crippen molar-refractivity contribution < 1.29 is 67.9 Å². The fraction of sp³-hybridized carbons (Fsp3) is 0. The van der Waals surface area contributed by atoms with Crippen LogP contribution in [0.25, 0.3) is 0 Å². The molecule has 0 nitrogen and oxygen atoms in total. The van der Waals surface area contributed by atoms with Gasteiger partial charge in [0.1, 0.15) is 0 Å². The van der Waals surface area contributed by atoms with Gasteiger partial charge in [-0.15, -0.1) is 0 Å². The van der Waals surface area contributed by atoms with Crippen molar-refractivity contribution in [1.82, 2.24) is 0 Å². The normalized spacial score (nSPS) is 0. The summed E-state index contributed by atoms with van der Waals surface area (Å²) in [6.07, 6.45) is 0. The van der Waals surface area contributed by atoms with Gasteiger partial charge in [-0.1, -0.05) is 25.2 Å². The van der Waals surface area contributed by atoms with Gasteiger partial charge in [0, 0.05) is 0 Å². The maximum absolute atomic E-state index is 0. The quantitative estimate of drug-likeness (QED) is 0.295. The third kappa shape index (κ3) is 21.9. The van der Waals surface area contributed by atoms with Gasteiger partial charge in [-0.3, -0.25) is 0 Å². The summed E-state index contributed by atoms with van der Waals surface area (Å²) in [4.78, 5) is 0. The van der Waals surface area contributed by atoms with Crippen LogP contribution in [0, 0.1) is 0 Å². The van der Waals surface area contributed by atoms with Crippen molar-refractivity contribution in [3.63, 3.8) is 0 Å². The van der Waals surface area contributed by atoms with Crippen LogP contribution in [-0.4, -0.2) is 25.2 Å². The van der Waals surface area contributed by atoms with Crippen molar-refractivity contribution in [3.05, 3.63) is 0 Å². The Kier molecular flexibility index (Phi) is 360. The molecule has 0 aliphatic carbocycles. The molecule has 0 radical (unpaired) electrons. The van der Waals surface area contributed by atoms with E-state index in [0.29, 0.717) is 0 Å². The predicted octanol–water partition coefficient (Wildman–Crippen LogP) is -7.35. The second kappa shape index (κ2) is 33.2. The van der Waals surface area contributed by atoms with Gasteiger partial charge >= 0.3 is 67.9 Å². The molecule has 0 saturated heterocycles.